The van der Waals surface area contributed by atoms with Gasteiger partial charge in [-0.3, -0.25) is 9.59 Å². The molecule has 114 valence electrons. The van der Waals surface area contributed by atoms with E-state index in [0.29, 0.717) is 26.2 Å². The molecule has 0 aromatic rings. The molecule has 0 aromatic heterocycles. The lowest BCUT2D eigenvalue weighted by molar-refractivity contribution is -0.145. The third-order valence-electron chi connectivity index (χ3n) is 4.63. The van der Waals surface area contributed by atoms with Crippen molar-refractivity contribution < 1.29 is 9.59 Å². The molecule has 2 saturated heterocycles. The van der Waals surface area contributed by atoms with E-state index in [1.807, 2.05) is 23.6 Å². The summed E-state index contributed by atoms with van der Waals surface area (Å²) in [6.45, 7) is 9.54. The van der Waals surface area contributed by atoms with Gasteiger partial charge in [0.2, 0.25) is 11.8 Å². The minimum absolute atomic E-state index is 0.0377. The van der Waals surface area contributed by atoms with E-state index < -0.39 is 0 Å². The SMILES string of the molecule is CCC1(C(=O)N2CCN(C(=O)C(C)C)CC2)CCCN1. The Balaban J connectivity index is 1.93. The van der Waals surface area contributed by atoms with E-state index in [1.165, 1.54) is 0 Å². The Labute approximate surface area is 121 Å². The fourth-order valence-corrected chi connectivity index (χ4v) is 3.24. The van der Waals surface area contributed by atoms with E-state index in [9.17, 15) is 9.59 Å². The number of nitrogens with zero attached hydrogens (tertiary/aromatic N) is 2. The van der Waals surface area contributed by atoms with Gasteiger partial charge in [0.25, 0.3) is 0 Å². The number of piperazine rings is 1. The molecule has 2 heterocycles. The molecule has 2 aliphatic heterocycles. The van der Waals surface area contributed by atoms with Crippen molar-refractivity contribution in [2.24, 2.45) is 5.92 Å². The Morgan fingerprint density at radius 2 is 1.75 bits per heavy atom. The van der Waals surface area contributed by atoms with Gasteiger partial charge in [-0.2, -0.15) is 0 Å². The number of nitrogens with one attached hydrogen (secondary N) is 1. The summed E-state index contributed by atoms with van der Waals surface area (Å²) < 4.78 is 0. The summed E-state index contributed by atoms with van der Waals surface area (Å²) in [5, 5.41) is 3.40. The van der Waals surface area contributed by atoms with Crippen LogP contribution < -0.4 is 5.32 Å². The first-order valence-electron chi connectivity index (χ1n) is 7.83. The first-order chi connectivity index (χ1) is 9.50. The van der Waals surface area contributed by atoms with Gasteiger partial charge in [-0.05, 0) is 25.8 Å². The van der Waals surface area contributed by atoms with Crippen LogP contribution in [0.1, 0.15) is 40.0 Å². The molecule has 0 aromatic carbocycles. The number of carbonyl (C=O) groups excluding carboxylic acids is 2. The largest absolute Gasteiger partial charge is 0.339 e. The Bertz CT molecular complexity index is 367. The lowest BCUT2D eigenvalue weighted by atomic mass is 9.92. The smallest absolute Gasteiger partial charge is 0.242 e. The molecule has 20 heavy (non-hydrogen) atoms. The van der Waals surface area contributed by atoms with Gasteiger partial charge in [-0.15, -0.1) is 0 Å². The van der Waals surface area contributed by atoms with Crippen molar-refractivity contribution in [2.45, 2.75) is 45.6 Å². The van der Waals surface area contributed by atoms with Crippen molar-refractivity contribution in [3.8, 4) is 0 Å². The van der Waals surface area contributed by atoms with Crippen LogP contribution in [0.15, 0.2) is 0 Å². The van der Waals surface area contributed by atoms with Crippen LogP contribution in [0.2, 0.25) is 0 Å². The van der Waals surface area contributed by atoms with Gasteiger partial charge < -0.3 is 15.1 Å². The standard InChI is InChI=1S/C15H27N3O2/c1-4-15(6-5-7-16-15)14(20)18-10-8-17(9-11-18)13(19)12(2)3/h12,16H,4-11H2,1-3H3. The second kappa shape index (κ2) is 6.12. The Kier molecular flexibility index (Phi) is 4.68. The van der Waals surface area contributed by atoms with Gasteiger partial charge >= 0.3 is 0 Å². The van der Waals surface area contributed by atoms with Crippen LogP contribution in [0.4, 0.5) is 0 Å². The summed E-state index contributed by atoms with van der Waals surface area (Å²) in [5.41, 5.74) is -0.343. The van der Waals surface area contributed by atoms with Gasteiger partial charge in [-0.1, -0.05) is 20.8 Å². The molecule has 0 saturated carbocycles. The van der Waals surface area contributed by atoms with Crippen molar-refractivity contribution in [3.63, 3.8) is 0 Å². The zero-order chi connectivity index (χ0) is 14.8. The molecule has 1 atom stereocenters. The van der Waals surface area contributed by atoms with Crippen LogP contribution >= 0.6 is 0 Å². The fourth-order valence-electron chi connectivity index (χ4n) is 3.24. The first-order valence-corrected chi connectivity index (χ1v) is 7.83. The molecule has 0 radical (unpaired) electrons. The monoisotopic (exact) mass is 281 g/mol. The van der Waals surface area contributed by atoms with Crippen LogP contribution in [0.3, 0.4) is 0 Å². The van der Waals surface area contributed by atoms with E-state index in [-0.39, 0.29) is 23.3 Å². The van der Waals surface area contributed by atoms with Gasteiger partial charge in [0.15, 0.2) is 0 Å². The van der Waals surface area contributed by atoms with Crippen LogP contribution in [0.25, 0.3) is 0 Å². The zero-order valence-corrected chi connectivity index (χ0v) is 12.9. The number of hydrogen-bond acceptors (Lipinski definition) is 3. The van der Waals surface area contributed by atoms with Crippen molar-refractivity contribution in [1.29, 1.82) is 0 Å². The average molecular weight is 281 g/mol. The summed E-state index contributed by atoms with van der Waals surface area (Å²) in [5.74, 6) is 0.464. The minimum Gasteiger partial charge on any atom is -0.339 e. The Morgan fingerprint density at radius 3 is 2.20 bits per heavy atom. The predicted octanol–water partition coefficient (Wildman–Crippen LogP) is 0.845. The molecule has 2 amide bonds. The highest BCUT2D eigenvalue weighted by molar-refractivity contribution is 5.87. The first kappa shape index (κ1) is 15.3. The quantitative estimate of drug-likeness (QED) is 0.834. The highest BCUT2D eigenvalue weighted by Crippen LogP contribution is 2.26. The third kappa shape index (κ3) is 2.82. The van der Waals surface area contributed by atoms with Gasteiger partial charge in [-0.25, -0.2) is 0 Å². The van der Waals surface area contributed by atoms with E-state index in [2.05, 4.69) is 12.2 Å². The number of carbonyl (C=O) groups is 2. The summed E-state index contributed by atoms with van der Waals surface area (Å²) in [6.07, 6.45) is 2.86. The van der Waals surface area contributed by atoms with E-state index >= 15 is 0 Å². The Morgan fingerprint density at radius 1 is 1.15 bits per heavy atom. The maximum atomic E-state index is 12.7. The molecule has 5 heteroatoms. The molecule has 0 aliphatic carbocycles. The number of rotatable bonds is 3. The molecule has 2 fully saturated rings. The molecular formula is C15H27N3O2. The van der Waals surface area contributed by atoms with Gasteiger partial charge in [0, 0.05) is 32.1 Å². The van der Waals surface area contributed by atoms with E-state index in [0.717, 1.165) is 25.8 Å². The summed E-state index contributed by atoms with van der Waals surface area (Å²) >= 11 is 0. The van der Waals surface area contributed by atoms with Crippen molar-refractivity contribution in [1.82, 2.24) is 15.1 Å². The second-order valence-corrected chi connectivity index (χ2v) is 6.24. The molecule has 0 bridgehead atoms. The molecule has 2 rings (SSSR count). The van der Waals surface area contributed by atoms with Crippen LogP contribution in [-0.2, 0) is 9.59 Å². The van der Waals surface area contributed by atoms with Crippen molar-refractivity contribution in [3.05, 3.63) is 0 Å². The van der Waals surface area contributed by atoms with E-state index in [4.69, 9.17) is 0 Å². The third-order valence-corrected chi connectivity index (χ3v) is 4.63. The average Bonchev–Trinajstić information content (AvgIpc) is 2.96. The topological polar surface area (TPSA) is 52.7 Å². The predicted molar refractivity (Wildman–Crippen MR) is 78.3 cm³/mol. The fraction of sp³-hybridized carbons (Fsp3) is 0.867. The number of amides is 2. The minimum atomic E-state index is -0.343. The number of hydrogen-bond donors (Lipinski definition) is 1. The van der Waals surface area contributed by atoms with Gasteiger partial charge in [0.05, 0.1) is 5.54 Å². The summed E-state index contributed by atoms with van der Waals surface area (Å²) in [4.78, 5) is 28.5. The van der Waals surface area contributed by atoms with E-state index in [1.54, 1.807) is 0 Å². The maximum Gasteiger partial charge on any atom is 0.242 e. The maximum absolute atomic E-state index is 12.7. The summed E-state index contributed by atoms with van der Waals surface area (Å²) in [6, 6.07) is 0. The molecule has 1 N–H and O–H groups in total. The van der Waals surface area contributed by atoms with Crippen LogP contribution in [0.5, 0.6) is 0 Å². The molecule has 2 aliphatic rings. The van der Waals surface area contributed by atoms with Gasteiger partial charge in [0.1, 0.15) is 0 Å². The van der Waals surface area contributed by atoms with Crippen molar-refractivity contribution in [2.75, 3.05) is 32.7 Å². The molecule has 5 nitrogen and oxygen atoms in total. The lowest BCUT2D eigenvalue weighted by Crippen LogP contribution is -2.59. The molecule has 0 spiro atoms. The summed E-state index contributed by atoms with van der Waals surface area (Å²) in [7, 11) is 0. The lowest BCUT2D eigenvalue weighted by Gasteiger charge is -2.40. The van der Waals surface area contributed by atoms with Crippen LogP contribution in [0, 0.1) is 5.92 Å². The van der Waals surface area contributed by atoms with Crippen LogP contribution in [-0.4, -0.2) is 59.9 Å². The molecular weight excluding hydrogens is 254 g/mol. The Hall–Kier alpha value is -1.10. The van der Waals surface area contributed by atoms with Crippen molar-refractivity contribution >= 4 is 11.8 Å². The molecule has 1 unspecified atom stereocenters. The highest BCUT2D eigenvalue weighted by atomic mass is 16.2. The second-order valence-electron chi connectivity index (χ2n) is 6.24. The normalized spacial score (nSPS) is 27.2. The highest BCUT2D eigenvalue weighted by Gasteiger charge is 2.42. The zero-order valence-electron chi connectivity index (χ0n) is 12.9.